The second-order valence-corrected chi connectivity index (χ2v) is 7.25. The lowest BCUT2D eigenvalue weighted by Crippen LogP contribution is -2.23. The highest BCUT2D eigenvalue weighted by atomic mass is 16.5. The lowest BCUT2D eigenvalue weighted by Gasteiger charge is -2.19. The predicted molar refractivity (Wildman–Crippen MR) is 103 cm³/mol. The minimum atomic E-state index is -0.175. The molecular weight excluding hydrogens is 342 g/mol. The molecule has 0 fully saturated rings. The summed E-state index contributed by atoms with van der Waals surface area (Å²) in [6.07, 6.45) is 0. The Kier molecular flexibility index (Phi) is 5.26. The van der Waals surface area contributed by atoms with E-state index in [9.17, 15) is 4.79 Å². The fourth-order valence-electron chi connectivity index (χ4n) is 2.56. The molecule has 1 N–H and O–H groups in total. The number of methoxy groups -OCH3 is 1. The van der Waals surface area contributed by atoms with Crippen molar-refractivity contribution < 1.29 is 14.1 Å². The summed E-state index contributed by atoms with van der Waals surface area (Å²) >= 11 is 0. The van der Waals surface area contributed by atoms with E-state index in [2.05, 4.69) is 36.2 Å². The summed E-state index contributed by atoms with van der Waals surface area (Å²) in [5.41, 5.74) is 2.62. The average molecular weight is 365 g/mol. The number of amides is 1. The number of hydrogen-bond acceptors (Lipinski definition) is 5. The molecule has 2 aromatic carbocycles. The molecule has 0 saturated carbocycles. The molecule has 0 radical (unpaired) electrons. The second-order valence-electron chi connectivity index (χ2n) is 7.25. The highest BCUT2D eigenvalue weighted by molar-refractivity contribution is 5.94. The van der Waals surface area contributed by atoms with Gasteiger partial charge in [0.25, 0.3) is 11.8 Å². The van der Waals surface area contributed by atoms with Crippen molar-refractivity contribution in [3.63, 3.8) is 0 Å². The van der Waals surface area contributed by atoms with E-state index < -0.39 is 0 Å². The molecule has 0 aliphatic heterocycles. The van der Waals surface area contributed by atoms with Crippen LogP contribution in [-0.2, 0) is 12.0 Å². The highest BCUT2D eigenvalue weighted by Crippen LogP contribution is 2.22. The van der Waals surface area contributed by atoms with E-state index in [4.69, 9.17) is 9.26 Å². The van der Waals surface area contributed by atoms with Gasteiger partial charge in [0.2, 0.25) is 0 Å². The molecule has 140 valence electrons. The summed E-state index contributed by atoms with van der Waals surface area (Å²) < 4.78 is 10.4. The molecule has 0 aliphatic rings. The van der Waals surface area contributed by atoms with Crippen molar-refractivity contribution in [1.82, 2.24) is 15.5 Å². The van der Waals surface area contributed by atoms with Crippen molar-refractivity contribution in [2.45, 2.75) is 32.7 Å². The molecule has 3 rings (SSSR count). The Hall–Kier alpha value is -3.15. The molecule has 6 heteroatoms. The van der Waals surface area contributed by atoms with E-state index in [0.29, 0.717) is 17.3 Å². The Morgan fingerprint density at radius 2 is 1.74 bits per heavy atom. The molecule has 0 spiro atoms. The number of aromatic nitrogens is 2. The largest absolute Gasteiger partial charge is 0.497 e. The Morgan fingerprint density at radius 3 is 2.33 bits per heavy atom. The van der Waals surface area contributed by atoms with Crippen LogP contribution in [0.15, 0.2) is 53.1 Å². The first-order chi connectivity index (χ1) is 12.9. The summed E-state index contributed by atoms with van der Waals surface area (Å²) in [6.45, 7) is 6.61. The van der Waals surface area contributed by atoms with Crippen molar-refractivity contribution >= 4 is 5.91 Å². The first-order valence-electron chi connectivity index (χ1n) is 8.72. The van der Waals surface area contributed by atoms with Crippen LogP contribution in [0.2, 0.25) is 0 Å². The van der Waals surface area contributed by atoms with Gasteiger partial charge in [-0.1, -0.05) is 38.1 Å². The van der Waals surface area contributed by atoms with E-state index in [-0.39, 0.29) is 17.9 Å². The van der Waals surface area contributed by atoms with Gasteiger partial charge in [0.15, 0.2) is 5.82 Å². The maximum atomic E-state index is 12.3. The van der Waals surface area contributed by atoms with Crippen LogP contribution in [0.4, 0.5) is 0 Å². The zero-order valence-electron chi connectivity index (χ0n) is 15.9. The summed E-state index contributed by atoms with van der Waals surface area (Å²) in [5.74, 6) is 1.39. The van der Waals surface area contributed by atoms with Gasteiger partial charge in [-0.2, -0.15) is 4.98 Å². The molecular formula is C21H23N3O3. The molecule has 1 aromatic heterocycles. The van der Waals surface area contributed by atoms with Crippen LogP contribution < -0.4 is 10.1 Å². The molecule has 1 amide bonds. The van der Waals surface area contributed by atoms with Gasteiger partial charge in [0.1, 0.15) is 5.75 Å². The topological polar surface area (TPSA) is 77.2 Å². The van der Waals surface area contributed by atoms with E-state index in [1.807, 2.05) is 48.5 Å². The number of nitrogens with one attached hydrogen (secondary N) is 1. The number of rotatable bonds is 5. The molecule has 27 heavy (non-hydrogen) atoms. The van der Waals surface area contributed by atoms with Gasteiger partial charge in [-0.05, 0) is 47.4 Å². The summed E-state index contributed by atoms with van der Waals surface area (Å²) in [5, 5.41) is 6.73. The average Bonchev–Trinajstić information content (AvgIpc) is 3.14. The Labute approximate surface area is 158 Å². The van der Waals surface area contributed by atoms with E-state index >= 15 is 0 Å². The fourth-order valence-corrected chi connectivity index (χ4v) is 2.56. The summed E-state index contributed by atoms with van der Waals surface area (Å²) in [4.78, 5) is 16.6. The number of carbonyl (C=O) groups is 1. The number of nitrogens with zero attached hydrogens (tertiary/aromatic N) is 2. The predicted octanol–water partition coefficient (Wildman–Crippen LogP) is 3.97. The normalized spacial score (nSPS) is 11.3. The summed E-state index contributed by atoms with van der Waals surface area (Å²) in [7, 11) is 1.61. The van der Waals surface area contributed by atoms with Crippen molar-refractivity contribution in [2.24, 2.45) is 0 Å². The SMILES string of the molecule is COc1ccc(-c2nc(CNC(=O)c3ccc(C(C)(C)C)cc3)no2)cc1. The molecule has 0 atom stereocenters. The zero-order chi connectivity index (χ0) is 19.4. The molecule has 0 unspecified atom stereocenters. The van der Waals surface area contributed by atoms with Crippen LogP contribution in [0.3, 0.4) is 0 Å². The van der Waals surface area contributed by atoms with Crippen molar-refractivity contribution in [3.05, 3.63) is 65.5 Å². The van der Waals surface area contributed by atoms with Gasteiger partial charge >= 0.3 is 0 Å². The van der Waals surface area contributed by atoms with Gasteiger partial charge in [-0.3, -0.25) is 4.79 Å². The molecule has 0 saturated heterocycles. The molecule has 3 aromatic rings. The van der Waals surface area contributed by atoms with Gasteiger partial charge < -0.3 is 14.6 Å². The second kappa shape index (κ2) is 7.61. The van der Waals surface area contributed by atoms with Crippen LogP contribution in [0.5, 0.6) is 5.75 Å². The monoisotopic (exact) mass is 365 g/mol. The van der Waals surface area contributed by atoms with Crippen LogP contribution in [0.25, 0.3) is 11.5 Å². The highest BCUT2D eigenvalue weighted by Gasteiger charge is 2.15. The third kappa shape index (κ3) is 4.53. The van der Waals surface area contributed by atoms with Crippen molar-refractivity contribution in [2.75, 3.05) is 7.11 Å². The van der Waals surface area contributed by atoms with Gasteiger partial charge in [0, 0.05) is 11.1 Å². The van der Waals surface area contributed by atoms with Gasteiger partial charge in [0.05, 0.1) is 13.7 Å². The van der Waals surface area contributed by atoms with Crippen LogP contribution in [-0.4, -0.2) is 23.2 Å². The smallest absolute Gasteiger partial charge is 0.257 e. The van der Waals surface area contributed by atoms with Crippen molar-refractivity contribution in [1.29, 1.82) is 0 Å². The first kappa shape index (κ1) is 18.6. The fraction of sp³-hybridized carbons (Fsp3) is 0.286. The molecule has 1 heterocycles. The Balaban J connectivity index is 1.61. The lowest BCUT2D eigenvalue weighted by atomic mass is 9.87. The minimum absolute atomic E-state index is 0.0531. The lowest BCUT2D eigenvalue weighted by molar-refractivity contribution is 0.0949. The third-order valence-electron chi connectivity index (χ3n) is 4.23. The standard InChI is InChI=1S/C21H23N3O3/c1-21(2,3)16-9-5-14(6-10-16)19(25)22-13-18-23-20(27-24-18)15-7-11-17(26-4)12-8-15/h5-12H,13H2,1-4H3,(H,22,25). The quantitative estimate of drug-likeness (QED) is 0.740. The Bertz CT molecular complexity index is 907. The number of ether oxygens (including phenoxy) is 1. The maximum absolute atomic E-state index is 12.3. The maximum Gasteiger partial charge on any atom is 0.257 e. The van der Waals surface area contributed by atoms with E-state index in [1.165, 1.54) is 5.56 Å². The number of hydrogen-bond donors (Lipinski definition) is 1. The van der Waals surface area contributed by atoms with Gasteiger partial charge in [-0.15, -0.1) is 0 Å². The molecule has 0 bridgehead atoms. The molecule has 0 aliphatic carbocycles. The van der Waals surface area contributed by atoms with Gasteiger partial charge in [-0.25, -0.2) is 0 Å². The number of benzene rings is 2. The number of carbonyl (C=O) groups excluding carboxylic acids is 1. The van der Waals surface area contributed by atoms with Crippen LogP contribution in [0, 0.1) is 0 Å². The molecule has 6 nitrogen and oxygen atoms in total. The Morgan fingerprint density at radius 1 is 1.07 bits per heavy atom. The third-order valence-corrected chi connectivity index (χ3v) is 4.23. The minimum Gasteiger partial charge on any atom is -0.497 e. The zero-order valence-corrected chi connectivity index (χ0v) is 15.9. The van der Waals surface area contributed by atoms with E-state index in [1.54, 1.807) is 7.11 Å². The van der Waals surface area contributed by atoms with Crippen LogP contribution in [0.1, 0.15) is 42.5 Å². The summed E-state index contributed by atoms with van der Waals surface area (Å²) in [6, 6.07) is 14.9. The van der Waals surface area contributed by atoms with E-state index in [0.717, 1.165) is 11.3 Å². The van der Waals surface area contributed by atoms with Crippen molar-refractivity contribution in [3.8, 4) is 17.2 Å². The van der Waals surface area contributed by atoms with Crippen LogP contribution >= 0.6 is 0 Å². The first-order valence-corrected chi connectivity index (χ1v) is 8.72.